The third-order valence-corrected chi connectivity index (χ3v) is 3.20. The number of nitrogens with one attached hydrogen (secondary N) is 2. The van der Waals surface area contributed by atoms with E-state index in [-0.39, 0.29) is 5.57 Å². The summed E-state index contributed by atoms with van der Waals surface area (Å²) in [5, 5.41) is 14.6. The van der Waals surface area contributed by atoms with E-state index < -0.39 is 11.7 Å². The molecule has 0 aromatic heterocycles. The molecule has 0 bridgehead atoms. The Morgan fingerprint density at radius 1 is 1.22 bits per heavy atom. The van der Waals surface area contributed by atoms with Crippen LogP contribution in [-0.2, 0) is 4.79 Å². The molecule has 4 nitrogen and oxygen atoms in total. The second kappa shape index (κ2) is 7.23. The molecule has 2 rings (SSSR count). The maximum atomic E-state index is 13.1. The van der Waals surface area contributed by atoms with Gasteiger partial charge < -0.3 is 10.6 Å². The molecule has 2 aromatic rings. The predicted octanol–water partition coefficient (Wildman–Crippen LogP) is 3.90. The van der Waals surface area contributed by atoms with Crippen molar-refractivity contribution in [1.82, 2.24) is 0 Å². The predicted molar refractivity (Wildman–Crippen MR) is 88.3 cm³/mol. The summed E-state index contributed by atoms with van der Waals surface area (Å²) in [6.07, 6.45) is 1.26. The standard InChI is InChI=1S/C18H16FN3O/c1-12-6-7-17(13(2)8-12)22-18(23)14(10-20)11-21-16-5-3-4-15(19)9-16/h3-9,11,21H,1-2H3,(H,22,23)/b14-11-. The number of benzene rings is 2. The fourth-order valence-corrected chi connectivity index (χ4v) is 2.03. The van der Waals surface area contributed by atoms with Gasteiger partial charge >= 0.3 is 0 Å². The number of hydrogen-bond donors (Lipinski definition) is 2. The third-order valence-electron chi connectivity index (χ3n) is 3.20. The van der Waals surface area contributed by atoms with Crippen LogP contribution in [0.3, 0.4) is 0 Å². The summed E-state index contributed by atoms with van der Waals surface area (Å²) >= 11 is 0. The van der Waals surface area contributed by atoms with Crippen molar-refractivity contribution in [2.24, 2.45) is 0 Å². The lowest BCUT2D eigenvalue weighted by Crippen LogP contribution is -2.15. The van der Waals surface area contributed by atoms with E-state index in [0.29, 0.717) is 11.4 Å². The molecular weight excluding hydrogens is 293 g/mol. The van der Waals surface area contributed by atoms with Gasteiger partial charge in [-0.2, -0.15) is 5.26 Å². The zero-order valence-corrected chi connectivity index (χ0v) is 12.9. The van der Waals surface area contributed by atoms with Gasteiger partial charge in [-0.25, -0.2) is 4.39 Å². The molecule has 0 heterocycles. The Hall–Kier alpha value is -3.13. The van der Waals surface area contributed by atoms with E-state index in [1.165, 1.54) is 24.4 Å². The summed E-state index contributed by atoms with van der Waals surface area (Å²) in [5.74, 6) is -0.926. The topological polar surface area (TPSA) is 64.9 Å². The van der Waals surface area contributed by atoms with Crippen LogP contribution in [0.5, 0.6) is 0 Å². The number of aryl methyl sites for hydroxylation is 2. The van der Waals surface area contributed by atoms with Crippen molar-refractivity contribution in [3.05, 3.63) is 71.2 Å². The van der Waals surface area contributed by atoms with Crippen LogP contribution in [0.4, 0.5) is 15.8 Å². The van der Waals surface area contributed by atoms with Crippen molar-refractivity contribution in [3.63, 3.8) is 0 Å². The quantitative estimate of drug-likeness (QED) is 0.665. The van der Waals surface area contributed by atoms with Crippen molar-refractivity contribution >= 4 is 17.3 Å². The number of nitrogens with zero attached hydrogens (tertiary/aromatic N) is 1. The van der Waals surface area contributed by atoms with Gasteiger partial charge in [-0.05, 0) is 43.7 Å². The number of hydrogen-bond acceptors (Lipinski definition) is 3. The van der Waals surface area contributed by atoms with Crippen LogP contribution in [0.25, 0.3) is 0 Å². The van der Waals surface area contributed by atoms with E-state index in [0.717, 1.165) is 11.1 Å². The zero-order chi connectivity index (χ0) is 16.8. The number of carbonyl (C=O) groups is 1. The Morgan fingerprint density at radius 2 is 2.00 bits per heavy atom. The molecule has 2 aromatic carbocycles. The van der Waals surface area contributed by atoms with Crippen molar-refractivity contribution in [2.45, 2.75) is 13.8 Å². The summed E-state index contributed by atoms with van der Waals surface area (Å²) in [4.78, 5) is 12.2. The Morgan fingerprint density at radius 3 is 2.65 bits per heavy atom. The first-order valence-electron chi connectivity index (χ1n) is 7.00. The lowest BCUT2D eigenvalue weighted by molar-refractivity contribution is -0.112. The lowest BCUT2D eigenvalue weighted by atomic mass is 10.1. The van der Waals surface area contributed by atoms with Crippen LogP contribution in [-0.4, -0.2) is 5.91 Å². The fourth-order valence-electron chi connectivity index (χ4n) is 2.03. The van der Waals surface area contributed by atoms with E-state index in [2.05, 4.69) is 10.6 Å². The van der Waals surface area contributed by atoms with Gasteiger partial charge in [0.25, 0.3) is 5.91 Å². The molecule has 0 aliphatic carbocycles. The van der Waals surface area contributed by atoms with Crippen LogP contribution >= 0.6 is 0 Å². The van der Waals surface area contributed by atoms with Crippen molar-refractivity contribution in [2.75, 3.05) is 10.6 Å². The highest BCUT2D eigenvalue weighted by Crippen LogP contribution is 2.17. The highest BCUT2D eigenvalue weighted by atomic mass is 19.1. The summed E-state index contributed by atoms with van der Waals surface area (Å²) < 4.78 is 13.1. The monoisotopic (exact) mass is 309 g/mol. The third kappa shape index (κ3) is 4.42. The summed E-state index contributed by atoms with van der Waals surface area (Å²) in [7, 11) is 0. The number of anilines is 2. The molecule has 1 amide bonds. The van der Waals surface area contributed by atoms with Gasteiger partial charge in [0, 0.05) is 17.6 Å². The smallest absolute Gasteiger partial charge is 0.267 e. The Balaban J connectivity index is 2.12. The lowest BCUT2D eigenvalue weighted by Gasteiger charge is -2.09. The highest BCUT2D eigenvalue weighted by molar-refractivity contribution is 6.07. The van der Waals surface area contributed by atoms with E-state index in [1.807, 2.05) is 32.0 Å². The van der Waals surface area contributed by atoms with Crippen molar-refractivity contribution in [3.8, 4) is 6.07 Å². The molecule has 0 atom stereocenters. The molecule has 116 valence electrons. The SMILES string of the molecule is Cc1ccc(NC(=O)/C(C#N)=C\Nc2cccc(F)c2)c(C)c1. The van der Waals surface area contributed by atoms with Crippen LogP contribution in [0, 0.1) is 31.0 Å². The van der Waals surface area contributed by atoms with E-state index in [9.17, 15) is 9.18 Å². The molecule has 0 spiro atoms. The maximum Gasteiger partial charge on any atom is 0.267 e. The van der Waals surface area contributed by atoms with E-state index >= 15 is 0 Å². The number of halogens is 1. The minimum atomic E-state index is -0.525. The number of amides is 1. The van der Waals surface area contributed by atoms with Crippen LogP contribution in [0.1, 0.15) is 11.1 Å². The van der Waals surface area contributed by atoms with Gasteiger partial charge in [-0.1, -0.05) is 23.8 Å². The molecule has 0 unspecified atom stereocenters. The summed E-state index contributed by atoms with van der Waals surface area (Å²) in [6, 6.07) is 13.2. The molecular formula is C18H16FN3O. The zero-order valence-electron chi connectivity index (χ0n) is 12.9. The van der Waals surface area contributed by atoms with Gasteiger partial charge in [0.15, 0.2) is 0 Å². The van der Waals surface area contributed by atoms with Crippen molar-refractivity contribution < 1.29 is 9.18 Å². The molecule has 0 aliphatic rings. The molecule has 0 saturated carbocycles. The largest absolute Gasteiger partial charge is 0.360 e. The van der Waals surface area contributed by atoms with E-state index in [1.54, 1.807) is 12.1 Å². The molecule has 0 fully saturated rings. The first kappa shape index (κ1) is 16.2. The number of rotatable bonds is 4. The first-order chi connectivity index (χ1) is 11.0. The van der Waals surface area contributed by atoms with Gasteiger partial charge in [0.05, 0.1) is 0 Å². The van der Waals surface area contributed by atoms with Crippen LogP contribution in [0.15, 0.2) is 54.2 Å². The molecule has 0 radical (unpaired) electrons. The fraction of sp³-hybridized carbons (Fsp3) is 0.111. The van der Waals surface area contributed by atoms with Gasteiger partial charge in [0.1, 0.15) is 17.5 Å². The van der Waals surface area contributed by atoms with E-state index in [4.69, 9.17) is 5.26 Å². The first-order valence-corrected chi connectivity index (χ1v) is 7.00. The second-order valence-electron chi connectivity index (χ2n) is 5.10. The number of nitriles is 1. The van der Waals surface area contributed by atoms with Crippen molar-refractivity contribution in [1.29, 1.82) is 5.26 Å². The average Bonchev–Trinajstić information content (AvgIpc) is 2.51. The Kier molecular flexibility index (Phi) is 5.11. The van der Waals surface area contributed by atoms with Gasteiger partial charge in [-0.15, -0.1) is 0 Å². The molecule has 23 heavy (non-hydrogen) atoms. The summed E-state index contributed by atoms with van der Waals surface area (Å²) in [6.45, 7) is 3.84. The van der Waals surface area contributed by atoms with Gasteiger partial charge in [0.2, 0.25) is 0 Å². The summed E-state index contributed by atoms with van der Waals surface area (Å²) in [5.41, 5.74) is 3.00. The van der Waals surface area contributed by atoms with Crippen LogP contribution < -0.4 is 10.6 Å². The minimum absolute atomic E-state index is 0.103. The molecule has 0 aliphatic heterocycles. The highest BCUT2D eigenvalue weighted by Gasteiger charge is 2.10. The van der Waals surface area contributed by atoms with Crippen LogP contribution in [0.2, 0.25) is 0 Å². The van der Waals surface area contributed by atoms with Gasteiger partial charge in [-0.3, -0.25) is 4.79 Å². The molecule has 5 heteroatoms. The number of carbonyl (C=O) groups excluding carboxylic acids is 1. The molecule has 2 N–H and O–H groups in total. The second-order valence-corrected chi connectivity index (χ2v) is 5.10. The Bertz CT molecular complexity index is 806. The maximum absolute atomic E-state index is 13.1. The molecule has 0 saturated heterocycles. The minimum Gasteiger partial charge on any atom is -0.360 e. The average molecular weight is 309 g/mol. The normalized spacial score (nSPS) is 10.8. The Labute approximate surface area is 134 Å².